The van der Waals surface area contributed by atoms with Crippen LogP contribution in [0.4, 0.5) is 5.69 Å². The highest BCUT2D eigenvalue weighted by molar-refractivity contribution is 6.02. The summed E-state index contributed by atoms with van der Waals surface area (Å²) in [5.74, 6) is -0.784. The summed E-state index contributed by atoms with van der Waals surface area (Å²) in [5, 5.41) is 2.67. The van der Waals surface area contributed by atoms with Crippen molar-refractivity contribution in [2.75, 3.05) is 12.4 Å². The molecule has 19 heavy (non-hydrogen) atoms. The van der Waals surface area contributed by atoms with E-state index in [0.29, 0.717) is 11.3 Å². The number of esters is 1. The number of nitrogens with two attached hydrogens (primary N) is 1. The maximum atomic E-state index is 11.9. The molecule has 1 aromatic rings. The third kappa shape index (κ3) is 3.79. The average Bonchev–Trinajstić information content (AvgIpc) is 2.38. The van der Waals surface area contributed by atoms with E-state index in [1.807, 2.05) is 26.8 Å². The summed E-state index contributed by atoms with van der Waals surface area (Å²) >= 11 is 0. The van der Waals surface area contributed by atoms with Gasteiger partial charge in [-0.15, -0.1) is 0 Å². The summed E-state index contributed by atoms with van der Waals surface area (Å²) in [5.41, 5.74) is 7.42. The Labute approximate surface area is 113 Å². The first-order valence-corrected chi connectivity index (χ1v) is 6.12. The first-order valence-electron chi connectivity index (χ1n) is 6.12. The van der Waals surface area contributed by atoms with E-state index >= 15 is 0 Å². The standard InChI is InChI=1S/C14H20N2O3/c1-8(2)12(15)13(17)16-11-6-5-9(3)7-10(11)14(18)19-4/h5-8,12H,15H2,1-4H3,(H,16,17). The Morgan fingerprint density at radius 1 is 1.32 bits per heavy atom. The molecule has 1 amide bonds. The lowest BCUT2D eigenvalue weighted by molar-refractivity contribution is -0.118. The minimum absolute atomic E-state index is 0.0204. The molecular weight excluding hydrogens is 244 g/mol. The average molecular weight is 264 g/mol. The summed E-state index contributed by atoms with van der Waals surface area (Å²) in [6.07, 6.45) is 0. The molecule has 0 aliphatic rings. The quantitative estimate of drug-likeness (QED) is 0.811. The zero-order valence-corrected chi connectivity index (χ0v) is 11.7. The van der Waals surface area contributed by atoms with Crippen LogP contribution in [0.25, 0.3) is 0 Å². The zero-order valence-electron chi connectivity index (χ0n) is 11.7. The summed E-state index contributed by atoms with van der Waals surface area (Å²) in [6, 6.07) is 4.53. The molecular formula is C14H20N2O3. The maximum Gasteiger partial charge on any atom is 0.339 e. The zero-order chi connectivity index (χ0) is 14.6. The number of hydrogen-bond donors (Lipinski definition) is 2. The van der Waals surface area contributed by atoms with E-state index in [1.165, 1.54) is 7.11 Å². The molecule has 0 saturated carbocycles. The Morgan fingerprint density at radius 2 is 1.95 bits per heavy atom. The van der Waals surface area contributed by atoms with Gasteiger partial charge in [-0.2, -0.15) is 0 Å². The van der Waals surface area contributed by atoms with Crippen LogP contribution in [0.5, 0.6) is 0 Å². The number of benzene rings is 1. The van der Waals surface area contributed by atoms with Crippen molar-refractivity contribution in [3.05, 3.63) is 29.3 Å². The van der Waals surface area contributed by atoms with Crippen LogP contribution in [0.3, 0.4) is 0 Å². The lowest BCUT2D eigenvalue weighted by Gasteiger charge is -2.17. The van der Waals surface area contributed by atoms with E-state index < -0.39 is 12.0 Å². The fraction of sp³-hybridized carbons (Fsp3) is 0.429. The first kappa shape index (κ1) is 15.2. The molecule has 1 unspecified atom stereocenters. The van der Waals surface area contributed by atoms with Crippen LogP contribution in [0.2, 0.25) is 0 Å². The van der Waals surface area contributed by atoms with Crippen LogP contribution in [0.1, 0.15) is 29.8 Å². The number of anilines is 1. The monoisotopic (exact) mass is 264 g/mol. The second kappa shape index (κ2) is 6.33. The van der Waals surface area contributed by atoms with Crippen molar-refractivity contribution >= 4 is 17.6 Å². The van der Waals surface area contributed by atoms with Gasteiger partial charge in [0.2, 0.25) is 5.91 Å². The lowest BCUT2D eigenvalue weighted by Crippen LogP contribution is -2.40. The Kier molecular flexibility index (Phi) is 5.06. The highest BCUT2D eigenvalue weighted by atomic mass is 16.5. The number of hydrogen-bond acceptors (Lipinski definition) is 4. The van der Waals surface area contributed by atoms with Gasteiger partial charge in [0.05, 0.1) is 24.4 Å². The molecule has 0 bridgehead atoms. The van der Waals surface area contributed by atoms with Crippen LogP contribution in [0, 0.1) is 12.8 Å². The molecule has 0 fully saturated rings. The summed E-state index contributed by atoms with van der Waals surface area (Å²) in [6.45, 7) is 5.58. The largest absolute Gasteiger partial charge is 0.465 e. The Balaban J connectivity index is 3.01. The fourth-order valence-corrected chi connectivity index (χ4v) is 1.56. The van der Waals surface area contributed by atoms with E-state index in [1.54, 1.807) is 12.1 Å². The molecule has 1 atom stereocenters. The second-order valence-corrected chi connectivity index (χ2v) is 4.80. The van der Waals surface area contributed by atoms with Gasteiger partial charge < -0.3 is 15.8 Å². The molecule has 1 aromatic carbocycles. The molecule has 5 nitrogen and oxygen atoms in total. The van der Waals surface area contributed by atoms with Crippen molar-refractivity contribution in [1.29, 1.82) is 0 Å². The molecule has 0 heterocycles. The van der Waals surface area contributed by atoms with Crippen molar-refractivity contribution in [3.8, 4) is 0 Å². The van der Waals surface area contributed by atoms with Gasteiger partial charge in [-0.05, 0) is 25.0 Å². The topological polar surface area (TPSA) is 81.4 Å². The number of carbonyl (C=O) groups excluding carboxylic acids is 2. The van der Waals surface area contributed by atoms with Gasteiger partial charge in [0.1, 0.15) is 0 Å². The molecule has 0 radical (unpaired) electrons. The number of nitrogens with one attached hydrogen (secondary N) is 1. The van der Waals surface area contributed by atoms with Crippen LogP contribution in [-0.2, 0) is 9.53 Å². The van der Waals surface area contributed by atoms with Gasteiger partial charge in [-0.3, -0.25) is 4.79 Å². The molecule has 0 spiro atoms. The van der Waals surface area contributed by atoms with Gasteiger partial charge in [0, 0.05) is 0 Å². The fourth-order valence-electron chi connectivity index (χ4n) is 1.56. The molecule has 0 aromatic heterocycles. The van der Waals surface area contributed by atoms with Crippen molar-refractivity contribution in [2.45, 2.75) is 26.8 Å². The molecule has 0 aliphatic carbocycles. The van der Waals surface area contributed by atoms with Gasteiger partial charge in [-0.1, -0.05) is 25.5 Å². The van der Waals surface area contributed by atoms with Crippen molar-refractivity contribution in [2.24, 2.45) is 11.7 Å². The number of rotatable bonds is 4. The second-order valence-electron chi connectivity index (χ2n) is 4.80. The van der Waals surface area contributed by atoms with Crippen molar-refractivity contribution in [3.63, 3.8) is 0 Å². The van der Waals surface area contributed by atoms with E-state index in [-0.39, 0.29) is 11.8 Å². The smallest absolute Gasteiger partial charge is 0.339 e. The predicted octanol–water partition coefficient (Wildman–Crippen LogP) is 1.70. The Hall–Kier alpha value is -1.88. The minimum atomic E-state index is -0.619. The molecule has 104 valence electrons. The first-order chi connectivity index (χ1) is 8.86. The Morgan fingerprint density at radius 3 is 2.47 bits per heavy atom. The number of amides is 1. The highest BCUT2D eigenvalue weighted by Gasteiger charge is 2.20. The third-order valence-electron chi connectivity index (χ3n) is 2.86. The van der Waals surface area contributed by atoms with Gasteiger partial charge >= 0.3 is 5.97 Å². The number of ether oxygens (including phenoxy) is 1. The van der Waals surface area contributed by atoms with Crippen LogP contribution in [-0.4, -0.2) is 25.0 Å². The van der Waals surface area contributed by atoms with Crippen LogP contribution < -0.4 is 11.1 Å². The van der Waals surface area contributed by atoms with Crippen LogP contribution in [0.15, 0.2) is 18.2 Å². The van der Waals surface area contributed by atoms with E-state index in [9.17, 15) is 9.59 Å². The van der Waals surface area contributed by atoms with Gasteiger partial charge in [-0.25, -0.2) is 4.79 Å². The van der Waals surface area contributed by atoms with E-state index in [2.05, 4.69) is 5.32 Å². The van der Waals surface area contributed by atoms with Crippen LogP contribution >= 0.6 is 0 Å². The summed E-state index contributed by atoms with van der Waals surface area (Å²) < 4.78 is 4.70. The lowest BCUT2D eigenvalue weighted by atomic mass is 10.0. The van der Waals surface area contributed by atoms with Gasteiger partial charge in [0.15, 0.2) is 0 Å². The number of aryl methyl sites for hydroxylation is 1. The minimum Gasteiger partial charge on any atom is -0.465 e. The molecule has 0 aliphatic heterocycles. The number of methoxy groups -OCH3 is 1. The Bertz CT molecular complexity index is 484. The molecule has 5 heteroatoms. The summed E-state index contributed by atoms with van der Waals surface area (Å²) in [7, 11) is 1.30. The predicted molar refractivity (Wildman–Crippen MR) is 74.0 cm³/mol. The van der Waals surface area contributed by atoms with Gasteiger partial charge in [0.25, 0.3) is 0 Å². The summed E-state index contributed by atoms with van der Waals surface area (Å²) in [4.78, 5) is 23.6. The third-order valence-corrected chi connectivity index (χ3v) is 2.86. The van der Waals surface area contributed by atoms with E-state index in [0.717, 1.165) is 5.56 Å². The van der Waals surface area contributed by atoms with Crippen molar-refractivity contribution in [1.82, 2.24) is 0 Å². The molecule has 3 N–H and O–H groups in total. The molecule has 1 rings (SSSR count). The normalized spacial score (nSPS) is 12.1. The van der Waals surface area contributed by atoms with E-state index in [4.69, 9.17) is 10.5 Å². The maximum absolute atomic E-state index is 11.9. The van der Waals surface area contributed by atoms with Crippen molar-refractivity contribution < 1.29 is 14.3 Å². The SMILES string of the molecule is COC(=O)c1cc(C)ccc1NC(=O)C(N)C(C)C. The number of carbonyl (C=O) groups is 2. The highest BCUT2D eigenvalue weighted by Crippen LogP contribution is 2.19. The molecule has 0 saturated heterocycles.